The van der Waals surface area contributed by atoms with Crippen molar-refractivity contribution >= 4 is 27.5 Å². The third-order valence-corrected chi connectivity index (χ3v) is 3.22. The summed E-state index contributed by atoms with van der Waals surface area (Å²) in [5.74, 6) is -0.896. The second-order valence-corrected chi connectivity index (χ2v) is 4.38. The molecule has 0 bridgehead atoms. The van der Waals surface area contributed by atoms with Crippen LogP contribution in [-0.2, 0) is 11.2 Å². The topological polar surface area (TPSA) is 37.3 Å². The highest BCUT2D eigenvalue weighted by Crippen LogP contribution is 2.25. The summed E-state index contributed by atoms with van der Waals surface area (Å²) in [5, 5.41) is 8.76. The smallest absolute Gasteiger partial charge is 0.328 e. The monoisotopic (exact) mass is 282 g/mol. The maximum Gasteiger partial charge on any atom is 0.328 e. The van der Waals surface area contributed by atoms with Crippen LogP contribution in [0.1, 0.15) is 31.4 Å². The first-order valence-electron chi connectivity index (χ1n) is 5.30. The van der Waals surface area contributed by atoms with Crippen LogP contribution in [0.4, 0.5) is 0 Å². The maximum absolute atomic E-state index is 10.7. The third-order valence-electron chi connectivity index (χ3n) is 2.48. The molecular formula is C13H15BrO2. The quantitative estimate of drug-likeness (QED) is 0.851. The Morgan fingerprint density at radius 3 is 2.56 bits per heavy atom. The Morgan fingerprint density at radius 2 is 2.12 bits per heavy atom. The number of halogens is 1. The lowest BCUT2D eigenvalue weighted by Crippen LogP contribution is -1.93. The van der Waals surface area contributed by atoms with Crippen LogP contribution in [0.25, 0.3) is 5.57 Å². The highest BCUT2D eigenvalue weighted by atomic mass is 79.9. The Morgan fingerprint density at radius 1 is 1.44 bits per heavy atom. The Hall–Kier alpha value is -1.09. The summed E-state index contributed by atoms with van der Waals surface area (Å²) in [4.78, 5) is 10.7. The van der Waals surface area contributed by atoms with E-state index in [9.17, 15) is 4.79 Å². The summed E-state index contributed by atoms with van der Waals surface area (Å²) in [6.07, 6.45) is 2.95. The summed E-state index contributed by atoms with van der Waals surface area (Å²) in [6.45, 7) is 4.05. The minimum absolute atomic E-state index is 0.713. The van der Waals surface area contributed by atoms with Gasteiger partial charge in [-0.25, -0.2) is 4.79 Å². The average Bonchev–Trinajstić information content (AvgIpc) is 2.25. The highest BCUT2D eigenvalue weighted by Gasteiger charge is 2.05. The second kappa shape index (κ2) is 5.85. The van der Waals surface area contributed by atoms with Gasteiger partial charge in [-0.3, -0.25) is 0 Å². The molecule has 1 aromatic carbocycles. The van der Waals surface area contributed by atoms with E-state index in [2.05, 4.69) is 22.9 Å². The number of aliphatic carboxylic acids is 1. The van der Waals surface area contributed by atoms with E-state index in [0.29, 0.717) is 6.42 Å². The molecule has 0 radical (unpaired) electrons. The lowest BCUT2D eigenvalue weighted by atomic mass is 10.0. The van der Waals surface area contributed by atoms with E-state index < -0.39 is 5.97 Å². The third kappa shape index (κ3) is 3.20. The summed E-state index contributed by atoms with van der Waals surface area (Å²) in [7, 11) is 0. The molecule has 0 aliphatic carbocycles. The number of hydrogen-bond donors (Lipinski definition) is 1. The summed E-state index contributed by atoms with van der Waals surface area (Å²) < 4.78 is 1.04. The molecule has 3 heteroatoms. The second-order valence-electron chi connectivity index (χ2n) is 3.52. The van der Waals surface area contributed by atoms with E-state index in [0.717, 1.165) is 22.0 Å². The van der Waals surface area contributed by atoms with E-state index in [4.69, 9.17) is 5.11 Å². The minimum atomic E-state index is -0.896. The molecule has 1 aromatic rings. The molecule has 0 aromatic heterocycles. The molecule has 0 spiro atoms. The molecule has 0 aliphatic heterocycles. The standard InChI is InChI=1S/C13H15BrO2/c1-3-9-5-6-11(7-12(9)14)10(4-2)8-13(15)16/h5-8H,3-4H2,1-2H3,(H,15,16)/b10-8+. The van der Waals surface area contributed by atoms with E-state index in [-0.39, 0.29) is 0 Å². The molecule has 86 valence electrons. The molecule has 0 heterocycles. The van der Waals surface area contributed by atoms with Gasteiger partial charge in [0.05, 0.1) is 0 Å². The number of aryl methyl sites for hydroxylation is 1. The predicted octanol–water partition coefficient (Wildman–Crippen LogP) is 3.89. The zero-order valence-corrected chi connectivity index (χ0v) is 11.0. The zero-order valence-electron chi connectivity index (χ0n) is 9.46. The van der Waals surface area contributed by atoms with Crippen molar-refractivity contribution < 1.29 is 9.90 Å². The van der Waals surface area contributed by atoms with Crippen molar-refractivity contribution in [3.63, 3.8) is 0 Å². The van der Waals surface area contributed by atoms with Gasteiger partial charge >= 0.3 is 5.97 Å². The Labute approximate surface area is 104 Å². The van der Waals surface area contributed by atoms with Gasteiger partial charge in [0.2, 0.25) is 0 Å². The highest BCUT2D eigenvalue weighted by molar-refractivity contribution is 9.10. The summed E-state index contributed by atoms with van der Waals surface area (Å²) >= 11 is 3.50. The zero-order chi connectivity index (χ0) is 12.1. The minimum Gasteiger partial charge on any atom is -0.478 e. The van der Waals surface area contributed by atoms with Crippen LogP contribution >= 0.6 is 15.9 Å². The summed E-state index contributed by atoms with van der Waals surface area (Å²) in [6, 6.07) is 5.99. The molecule has 0 unspecified atom stereocenters. The number of allylic oxidation sites excluding steroid dienone is 1. The fourth-order valence-corrected chi connectivity index (χ4v) is 2.23. The number of carbonyl (C=O) groups is 1. The fourth-order valence-electron chi connectivity index (χ4n) is 1.57. The SMILES string of the molecule is CC/C(=C\C(=O)O)c1ccc(CC)c(Br)c1. The van der Waals surface area contributed by atoms with Gasteiger partial charge in [0.25, 0.3) is 0 Å². The molecule has 2 nitrogen and oxygen atoms in total. The van der Waals surface area contributed by atoms with Crippen LogP contribution in [-0.4, -0.2) is 11.1 Å². The van der Waals surface area contributed by atoms with Crippen LogP contribution in [0.2, 0.25) is 0 Å². The molecule has 0 saturated heterocycles. The van der Waals surface area contributed by atoms with Crippen molar-refractivity contribution in [1.29, 1.82) is 0 Å². The van der Waals surface area contributed by atoms with Gasteiger partial charge in [-0.1, -0.05) is 41.9 Å². The van der Waals surface area contributed by atoms with Crippen LogP contribution < -0.4 is 0 Å². The van der Waals surface area contributed by atoms with E-state index in [1.165, 1.54) is 11.6 Å². The lowest BCUT2D eigenvalue weighted by molar-refractivity contribution is -0.131. The van der Waals surface area contributed by atoms with Crippen LogP contribution in [0.15, 0.2) is 28.7 Å². The molecule has 0 fully saturated rings. The molecule has 0 saturated carbocycles. The molecule has 0 amide bonds. The van der Waals surface area contributed by atoms with E-state index in [1.54, 1.807) is 0 Å². The van der Waals surface area contributed by atoms with Crippen LogP contribution in [0.5, 0.6) is 0 Å². The van der Waals surface area contributed by atoms with E-state index >= 15 is 0 Å². The molecule has 0 atom stereocenters. The van der Waals surface area contributed by atoms with Gasteiger partial charge < -0.3 is 5.11 Å². The average molecular weight is 283 g/mol. The first-order chi connectivity index (χ1) is 7.58. The Kier molecular flexibility index (Phi) is 4.74. The molecule has 16 heavy (non-hydrogen) atoms. The van der Waals surface area contributed by atoms with Gasteiger partial charge in [0.1, 0.15) is 0 Å². The van der Waals surface area contributed by atoms with Crippen LogP contribution in [0, 0.1) is 0 Å². The molecule has 1 N–H and O–H groups in total. The van der Waals surface area contributed by atoms with Gasteiger partial charge in [-0.05, 0) is 35.6 Å². The normalized spacial score (nSPS) is 11.6. The Balaban J connectivity index is 3.13. The van der Waals surface area contributed by atoms with Gasteiger partial charge in [0, 0.05) is 10.5 Å². The van der Waals surface area contributed by atoms with Crippen molar-refractivity contribution in [1.82, 2.24) is 0 Å². The van der Waals surface area contributed by atoms with Gasteiger partial charge in [-0.15, -0.1) is 0 Å². The number of carboxylic acid groups (broad SMARTS) is 1. The summed E-state index contributed by atoms with van der Waals surface area (Å²) in [5.41, 5.74) is 3.04. The van der Waals surface area contributed by atoms with Crippen molar-refractivity contribution in [3.8, 4) is 0 Å². The predicted molar refractivity (Wildman–Crippen MR) is 69.4 cm³/mol. The number of benzene rings is 1. The van der Waals surface area contributed by atoms with Crippen molar-refractivity contribution in [3.05, 3.63) is 39.9 Å². The van der Waals surface area contributed by atoms with Crippen molar-refractivity contribution in [2.45, 2.75) is 26.7 Å². The van der Waals surface area contributed by atoms with Crippen LogP contribution in [0.3, 0.4) is 0 Å². The Bertz CT molecular complexity index is 422. The molecule has 1 rings (SSSR count). The van der Waals surface area contributed by atoms with Gasteiger partial charge in [-0.2, -0.15) is 0 Å². The van der Waals surface area contributed by atoms with Crippen molar-refractivity contribution in [2.75, 3.05) is 0 Å². The number of rotatable bonds is 4. The fraction of sp³-hybridized carbons (Fsp3) is 0.308. The first-order valence-corrected chi connectivity index (χ1v) is 6.10. The largest absolute Gasteiger partial charge is 0.478 e. The molecular weight excluding hydrogens is 268 g/mol. The lowest BCUT2D eigenvalue weighted by Gasteiger charge is -2.07. The number of hydrogen-bond acceptors (Lipinski definition) is 1. The van der Waals surface area contributed by atoms with Crippen molar-refractivity contribution in [2.24, 2.45) is 0 Å². The van der Waals surface area contributed by atoms with E-state index in [1.807, 2.05) is 25.1 Å². The van der Waals surface area contributed by atoms with Gasteiger partial charge in [0.15, 0.2) is 0 Å². The maximum atomic E-state index is 10.7. The molecule has 0 aliphatic rings. The first kappa shape index (κ1) is 13.0. The number of carboxylic acids is 1.